The molecule has 1 N–H and O–H groups in total. The second-order valence-electron chi connectivity index (χ2n) is 5.87. The molecule has 0 aliphatic carbocycles. The maximum atomic E-state index is 11.6. The van der Waals surface area contributed by atoms with Gasteiger partial charge in [-0.1, -0.05) is 42.5 Å². The summed E-state index contributed by atoms with van der Waals surface area (Å²) < 4.78 is 0. The van der Waals surface area contributed by atoms with E-state index in [0.29, 0.717) is 6.54 Å². The molecule has 118 valence electrons. The predicted octanol–water partition coefficient (Wildman–Crippen LogP) is 3.20. The van der Waals surface area contributed by atoms with Crippen molar-refractivity contribution in [2.75, 3.05) is 11.4 Å². The second kappa shape index (κ2) is 6.24. The zero-order valence-electron chi connectivity index (χ0n) is 13.0. The van der Waals surface area contributed by atoms with Crippen molar-refractivity contribution in [3.05, 3.63) is 65.2 Å². The average Bonchev–Trinajstić information content (AvgIpc) is 2.96. The fourth-order valence-corrected chi connectivity index (χ4v) is 3.25. The van der Waals surface area contributed by atoms with E-state index in [9.17, 15) is 14.7 Å². The molecule has 3 rings (SSSR count). The van der Waals surface area contributed by atoms with Crippen molar-refractivity contribution in [1.82, 2.24) is 0 Å². The van der Waals surface area contributed by atoms with Gasteiger partial charge in [-0.15, -0.1) is 0 Å². The molecule has 0 saturated carbocycles. The van der Waals surface area contributed by atoms with Gasteiger partial charge in [0.25, 0.3) is 0 Å². The Hall–Kier alpha value is -2.62. The van der Waals surface area contributed by atoms with Crippen LogP contribution in [0.1, 0.15) is 36.0 Å². The lowest BCUT2D eigenvalue weighted by molar-refractivity contribution is -0.137. The van der Waals surface area contributed by atoms with Gasteiger partial charge in [-0.2, -0.15) is 0 Å². The molecule has 1 heterocycles. The molecule has 0 saturated heterocycles. The van der Waals surface area contributed by atoms with Crippen LogP contribution in [0.4, 0.5) is 5.69 Å². The van der Waals surface area contributed by atoms with Crippen molar-refractivity contribution < 1.29 is 14.7 Å². The molecule has 1 aliphatic rings. The quantitative estimate of drug-likeness (QED) is 0.943. The van der Waals surface area contributed by atoms with E-state index in [0.717, 1.165) is 28.8 Å². The van der Waals surface area contributed by atoms with Crippen LogP contribution >= 0.6 is 0 Å². The van der Waals surface area contributed by atoms with E-state index >= 15 is 0 Å². The molecule has 0 bridgehead atoms. The highest BCUT2D eigenvalue weighted by Gasteiger charge is 2.24. The van der Waals surface area contributed by atoms with E-state index in [1.807, 2.05) is 42.5 Å². The molecule has 0 aromatic heterocycles. The van der Waals surface area contributed by atoms with Crippen LogP contribution in [0.3, 0.4) is 0 Å². The van der Waals surface area contributed by atoms with Crippen LogP contribution in [0.5, 0.6) is 0 Å². The summed E-state index contributed by atoms with van der Waals surface area (Å²) in [5.74, 6) is -0.947. The highest BCUT2D eigenvalue weighted by molar-refractivity contribution is 5.93. The number of rotatable bonds is 4. The molecular weight excluding hydrogens is 290 g/mol. The van der Waals surface area contributed by atoms with Crippen molar-refractivity contribution in [3.8, 4) is 0 Å². The molecule has 1 unspecified atom stereocenters. The van der Waals surface area contributed by atoms with Crippen LogP contribution in [0, 0.1) is 0 Å². The number of carbonyl (C=O) groups is 2. The van der Waals surface area contributed by atoms with Crippen molar-refractivity contribution >= 4 is 17.6 Å². The highest BCUT2D eigenvalue weighted by atomic mass is 16.4. The largest absolute Gasteiger partial charge is 0.481 e. The zero-order chi connectivity index (χ0) is 16.4. The molecule has 0 fully saturated rings. The monoisotopic (exact) mass is 309 g/mol. The molecule has 0 radical (unpaired) electrons. The molecular formula is C19H19NO3. The van der Waals surface area contributed by atoms with Gasteiger partial charge in [-0.3, -0.25) is 9.59 Å². The molecule has 0 spiro atoms. The second-order valence-corrected chi connectivity index (χ2v) is 5.87. The summed E-state index contributed by atoms with van der Waals surface area (Å²) in [6, 6.07) is 15.6. The predicted molar refractivity (Wildman–Crippen MR) is 88.7 cm³/mol. The third kappa shape index (κ3) is 3.11. The molecule has 4 heteroatoms. The van der Waals surface area contributed by atoms with Crippen LogP contribution in [-0.2, 0) is 16.0 Å². The minimum atomic E-state index is -0.815. The third-order valence-electron chi connectivity index (χ3n) is 4.36. The lowest BCUT2D eigenvalue weighted by Gasteiger charge is -2.19. The fourth-order valence-electron chi connectivity index (χ4n) is 3.25. The Morgan fingerprint density at radius 2 is 1.87 bits per heavy atom. The number of aliphatic carboxylic acids is 1. The maximum absolute atomic E-state index is 11.6. The smallest absolute Gasteiger partial charge is 0.304 e. The van der Waals surface area contributed by atoms with Gasteiger partial charge in [-0.25, -0.2) is 0 Å². The first kappa shape index (κ1) is 15.3. The lowest BCUT2D eigenvalue weighted by Crippen LogP contribution is -2.25. The van der Waals surface area contributed by atoms with E-state index in [-0.39, 0.29) is 18.2 Å². The number of carbonyl (C=O) groups excluding carboxylic acids is 1. The van der Waals surface area contributed by atoms with Gasteiger partial charge < -0.3 is 10.0 Å². The first-order valence-electron chi connectivity index (χ1n) is 7.74. The van der Waals surface area contributed by atoms with Gasteiger partial charge in [0.05, 0.1) is 6.42 Å². The summed E-state index contributed by atoms with van der Waals surface area (Å²) in [5.41, 5.74) is 4.05. The number of anilines is 1. The van der Waals surface area contributed by atoms with Crippen molar-refractivity contribution in [1.29, 1.82) is 0 Å². The minimum absolute atomic E-state index is 0.0432. The summed E-state index contributed by atoms with van der Waals surface area (Å²) in [4.78, 5) is 24.7. The standard InChI is InChI=1S/C19H19NO3/c1-13(21)20-10-9-16-11-15(7-8-18(16)20)17(12-19(22)23)14-5-3-2-4-6-14/h2-8,11,17H,9-10,12H2,1H3,(H,22,23). The average molecular weight is 309 g/mol. The molecule has 23 heavy (non-hydrogen) atoms. The number of nitrogens with zero attached hydrogens (tertiary/aromatic N) is 1. The first-order chi connectivity index (χ1) is 11.1. The van der Waals surface area contributed by atoms with E-state index < -0.39 is 5.97 Å². The van der Waals surface area contributed by atoms with Crippen LogP contribution in [-0.4, -0.2) is 23.5 Å². The summed E-state index contributed by atoms with van der Waals surface area (Å²) >= 11 is 0. The molecule has 1 aliphatic heterocycles. The number of carboxylic acids is 1. The molecule has 2 aromatic carbocycles. The Morgan fingerprint density at radius 3 is 2.52 bits per heavy atom. The van der Waals surface area contributed by atoms with Crippen LogP contribution in [0.15, 0.2) is 48.5 Å². The number of hydrogen-bond donors (Lipinski definition) is 1. The molecule has 2 aromatic rings. The van der Waals surface area contributed by atoms with Gasteiger partial charge in [0, 0.05) is 25.1 Å². The summed E-state index contributed by atoms with van der Waals surface area (Å²) in [7, 11) is 0. The molecule has 1 amide bonds. The van der Waals surface area contributed by atoms with Crippen molar-refractivity contribution in [2.45, 2.75) is 25.7 Å². The van der Waals surface area contributed by atoms with E-state index in [2.05, 4.69) is 6.07 Å². The first-order valence-corrected chi connectivity index (χ1v) is 7.74. The van der Waals surface area contributed by atoms with E-state index in [1.165, 1.54) is 0 Å². The van der Waals surface area contributed by atoms with Gasteiger partial charge in [0.2, 0.25) is 5.91 Å². The third-order valence-corrected chi connectivity index (χ3v) is 4.36. The van der Waals surface area contributed by atoms with Gasteiger partial charge in [0.15, 0.2) is 0 Å². The fraction of sp³-hybridized carbons (Fsp3) is 0.263. The Kier molecular flexibility index (Phi) is 4.15. The van der Waals surface area contributed by atoms with E-state index in [1.54, 1.807) is 11.8 Å². The van der Waals surface area contributed by atoms with Gasteiger partial charge in [0.1, 0.15) is 0 Å². The maximum Gasteiger partial charge on any atom is 0.304 e. The van der Waals surface area contributed by atoms with Gasteiger partial charge in [-0.05, 0) is 29.2 Å². The summed E-state index contributed by atoms with van der Waals surface area (Å²) in [5, 5.41) is 9.26. The Balaban J connectivity index is 1.98. The normalized spacial score (nSPS) is 14.4. The Labute approximate surface area is 135 Å². The van der Waals surface area contributed by atoms with Crippen LogP contribution in [0.25, 0.3) is 0 Å². The Bertz CT molecular complexity index is 740. The van der Waals surface area contributed by atoms with Gasteiger partial charge >= 0.3 is 5.97 Å². The number of carboxylic acid groups (broad SMARTS) is 1. The summed E-state index contributed by atoms with van der Waals surface area (Å²) in [6.07, 6.45) is 0.872. The topological polar surface area (TPSA) is 57.6 Å². The number of hydrogen-bond acceptors (Lipinski definition) is 2. The Morgan fingerprint density at radius 1 is 1.13 bits per heavy atom. The number of benzene rings is 2. The molecule has 4 nitrogen and oxygen atoms in total. The zero-order valence-corrected chi connectivity index (χ0v) is 13.0. The lowest BCUT2D eigenvalue weighted by atomic mass is 9.87. The van der Waals surface area contributed by atoms with Crippen molar-refractivity contribution in [3.63, 3.8) is 0 Å². The van der Waals surface area contributed by atoms with E-state index in [4.69, 9.17) is 0 Å². The number of fused-ring (bicyclic) bond motifs is 1. The van der Waals surface area contributed by atoms with Crippen LogP contribution in [0.2, 0.25) is 0 Å². The SMILES string of the molecule is CC(=O)N1CCc2cc(C(CC(=O)O)c3ccccc3)ccc21. The minimum Gasteiger partial charge on any atom is -0.481 e. The highest BCUT2D eigenvalue weighted by Crippen LogP contribution is 2.34. The summed E-state index contributed by atoms with van der Waals surface area (Å²) in [6.45, 7) is 2.27. The van der Waals surface area contributed by atoms with Crippen LogP contribution < -0.4 is 4.90 Å². The number of amides is 1. The van der Waals surface area contributed by atoms with Crippen molar-refractivity contribution in [2.24, 2.45) is 0 Å². The molecule has 1 atom stereocenters.